The Morgan fingerprint density at radius 1 is 1.44 bits per heavy atom. The predicted octanol–water partition coefficient (Wildman–Crippen LogP) is 1.95. The summed E-state index contributed by atoms with van der Waals surface area (Å²) in [6, 6.07) is 0.0492. The Hall–Kier alpha value is -0.490. The molecule has 0 spiro atoms. The van der Waals surface area contributed by atoms with Crippen molar-refractivity contribution < 1.29 is 4.74 Å². The molecule has 0 aliphatic carbocycles. The first-order valence-corrected chi connectivity index (χ1v) is 7.47. The van der Waals surface area contributed by atoms with Crippen LogP contribution in [-0.2, 0) is 17.8 Å². The molecular weight excluding hydrogens is 246 g/mol. The molecule has 0 radical (unpaired) electrons. The van der Waals surface area contributed by atoms with E-state index in [2.05, 4.69) is 9.88 Å². The zero-order valence-corrected chi connectivity index (χ0v) is 12.1. The first-order valence-electron chi connectivity index (χ1n) is 6.66. The monoisotopic (exact) mass is 269 g/mol. The summed E-state index contributed by atoms with van der Waals surface area (Å²) in [5.74, 6) is 0. The van der Waals surface area contributed by atoms with Crippen molar-refractivity contribution >= 4 is 11.3 Å². The lowest BCUT2D eigenvalue weighted by atomic mass is 10.2. The summed E-state index contributed by atoms with van der Waals surface area (Å²) in [7, 11) is 1.70. The van der Waals surface area contributed by atoms with E-state index in [9.17, 15) is 0 Å². The summed E-state index contributed by atoms with van der Waals surface area (Å²) in [6.07, 6.45) is 3.73. The lowest BCUT2D eigenvalue weighted by Gasteiger charge is -2.12. The minimum Gasteiger partial charge on any atom is -0.378 e. The van der Waals surface area contributed by atoms with Gasteiger partial charge in [0.2, 0.25) is 0 Å². The third-order valence-electron chi connectivity index (χ3n) is 3.31. The molecule has 2 rings (SSSR count). The van der Waals surface area contributed by atoms with Gasteiger partial charge in [0.15, 0.2) is 0 Å². The van der Waals surface area contributed by atoms with Crippen LogP contribution in [0.3, 0.4) is 0 Å². The van der Waals surface area contributed by atoms with E-state index in [1.165, 1.54) is 35.8 Å². The van der Waals surface area contributed by atoms with E-state index in [-0.39, 0.29) is 6.04 Å². The van der Waals surface area contributed by atoms with Gasteiger partial charge in [-0.15, -0.1) is 11.3 Å². The number of thiazole rings is 1. The molecule has 1 fully saturated rings. The zero-order valence-electron chi connectivity index (χ0n) is 11.3. The molecule has 5 heteroatoms. The van der Waals surface area contributed by atoms with Crippen molar-refractivity contribution in [3.63, 3.8) is 0 Å². The number of aromatic nitrogens is 1. The first-order chi connectivity index (χ1) is 8.70. The van der Waals surface area contributed by atoms with Crippen molar-refractivity contribution in [2.75, 3.05) is 26.7 Å². The van der Waals surface area contributed by atoms with Gasteiger partial charge >= 0.3 is 0 Å². The van der Waals surface area contributed by atoms with Crippen molar-refractivity contribution in [3.05, 3.63) is 15.6 Å². The molecule has 0 aromatic carbocycles. The van der Waals surface area contributed by atoms with Crippen molar-refractivity contribution in [1.82, 2.24) is 9.88 Å². The Labute approximate surface area is 113 Å². The van der Waals surface area contributed by atoms with Gasteiger partial charge in [0.25, 0.3) is 0 Å². The highest BCUT2D eigenvalue weighted by atomic mass is 32.1. The lowest BCUT2D eigenvalue weighted by molar-refractivity contribution is 0.181. The third-order valence-corrected chi connectivity index (χ3v) is 4.67. The van der Waals surface area contributed by atoms with Gasteiger partial charge in [-0.3, -0.25) is 0 Å². The fourth-order valence-corrected chi connectivity index (χ4v) is 3.39. The second-order valence-corrected chi connectivity index (χ2v) is 6.05. The van der Waals surface area contributed by atoms with Crippen LogP contribution in [0.5, 0.6) is 0 Å². The van der Waals surface area contributed by atoms with Crippen LogP contribution in [0, 0.1) is 0 Å². The van der Waals surface area contributed by atoms with Crippen molar-refractivity contribution in [1.29, 1.82) is 0 Å². The van der Waals surface area contributed by atoms with E-state index < -0.39 is 0 Å². The lowest BCUT2D eigenvalue weighted by Crippen LogP contribution is -2.21. The SMILES string of the molecule is COCc1nc(CCN2CCCC2)sc1C(C)N. The molecule has 1 unspecified atom stereocenters. The highest BCUT2D eigenvalue weighted by Crippen LogP contribution is 2.25. The molecule has 18 heavy (non-hydrogen) atoms. The number of nitrogens with two attached hydrogens (primary N) is 1. The number of methoxy groups -OCH3 is 1. The maximum atomic E-state index is 5.98. The maximum absolute atomic E-state index is 5.98. The maximum Gasteiger partial charge on any atom is 0.0945 e. The summed E-state index contributed by atoms with van der Waals surface area (Å²) in [5.41, 5.74) is 7.00. The van der Waals surface area contributed by atoms with Gasteiger partial charge < -0.3 is 15.4 Å². The first kappa shape index (κ1) is 13.9. The van der Waals surface area contributed by atoms with Crippen LogP contribution in [0.1, 0.15) is 41.4 Å². The molecule has 0 saturated carbocycles. The third kappa shape index (κ3) is 3.51. The van der Waals surface area contributed by atoms with Gasteiger partial charge in [0, 0.05) is 31.0 Å². The molecule has 2 heterocycles. The molecule has 2 N–H and O–H groups in total. The number of nitrogens with zero attached hydrogens (tertiary/aromatic N) is 2. The normalized spacial score (nSPS) is 18.4. The van der Waals surface area contributed by atoms with Gasteiger partial charge in [0.1, 0.15) is 0 Å². The standard InChI is InChI=1S/C13H23N3OS/c1-10(14)13-11(9-17-2)15-12(18-13)5-8-16-6-3-4-7-16/h10H,3-9,14H2,1-2H3. The molecule has 1 atom stereocenters. The smallest absolute Gasteiger partial charge is 0.0945 e. The fraction of sp³-hybridized carbons (Fsp3) is 0.769. The summed E-state index contributed by atoms with van der Waals surface area (Å²) in [4.78, 5) is 8.36. The minimum atomic E-state index is 0.0492. The second kappa shape index (κ2) is 6.61. The summed E-state index contributed by atoms with van der Waals surface area (Å²) in [5, 5.41) is 1.20. The largest absolute Gasteiger partial charge is 0.378 e. The summed E-state index contributed by atoms with van der Waals surface area (Å²) >= 11 is 1.75. The van der Waals surface area contributed by atoms with Crippen molar-refractivity contribution in [2.45, 2.75) is 38.8 Å². The highest BCUT2D eigenvalue weighted by molar-refractivity contribution is 7.11. The molecular formula is C13H23N3OS. The van der Waals surface area contributed by atoms with E-state index >= 15 is 0 Å². The van der Waals surface area contributed by atoms with Crippen LogP contribution >= 0.6 is 11.3 Å². The molecule has 0 bridgehead atoms. The Bertz CT molecular complexity index is 372. The van der Waals surface area contributed by atoms with E-state index in [0.29, 0.717) is 6.61 Å². The topological polar surface area (TPSA) is 51.4 Å². The fourth-order valence-electron chi connectivity index (χ4n) is 2.38. The molecule has 4 nitrogen and oxygen atoms in total. The van der Waals surface area contributed by atoms with Crippen LogP contribution < -0.4 is 5.73 Å². The molecule has 1 saturated heterocycles. The van der Waals surface area contributed by atoms with Crippen LogP contribution in [0.15, 0.2) is 0 Å². The minimum absolute atomic E-state index is 0.0492. The number of ether oxygens (including phenoxy) is 1. The molecule has 1 aromatic heterocycles. The summed E-state index contributed by atoms with van der Waals surface area (Å²) < 4.78 is 5.19. The Morgan fingerprint density at radius 3 is 2.78 bits per heavy atom. The zero-order chi connectivity index (χ0) is 13.0. The van der Waals surface area contributed by atoms with Crippen molar-refractivity contribution in [3.8, 4) is 0 Å². The van der Waals surface area contributed by atoms with Gasteiger partial charge in [-0.1, -0.05) is 0 Å². The quantitative estimate of drug-likeness (QED) is 0.857. The van der Waals surface area contributed by atoms with Crippen LogP contribution in [0.2, 0.25) is 0 Å². The number of hydrogen-bond donors (Lipinski definition) is 1. The molecule has 1 aliphatic rings. The van der Waals surface area contributed by atoms with Crippen molar-refractivity contribution in [2.24, 2.45) is 5.73 Å². The number of likely N-dealkylation sites (tertiary alicyclic amines) is 1. The van der Waals surface area contributed by atoms with Gasteiger partial charge in [-0.05, 0) is 32.9 Å². The Balaban J connectivity index is 1.96. The Kier molecular flexibility index (Phi) is 5.12. The van der Waals surface area contributed by atoms with Crippen LogP contribution in [0.4, 0.5) is 0 Å². The van der Waals surface area contributed by atoms with Gasteiger partial charge in [0.05, 0.1) is 17.3 Å². The van der Waals surface area contributed by atoms with E-state index in [0.717, 1.165) is 18.7 Å². The highest BCUT2D eigenvalue weighted by Gasteiger charge is 2.16. The average Bonchev–Trinajstić information content (AvgIpc) is 2.95. The Morgan fingerprint density at radius 2 is 2.17 bits per heavy atom. The number of rotatable bonds is 6. The van der Waals surface area contributed by atoms with E-state index in [4.69, 9.17) is 10.5 Å². The molecule has 0 amide bonds. The van der Waals surface area contributed by atoms with E-state index in [1.54, 1.807) is 18.4 Å². The van der Waals surface area contributed by atoms with Gasteiger partial charge in [-0.25, -0.2) is 4.98 Å². The van der Waals surface area contributed by atoms with Crippen LogP contribution in [-0.4, -0.2) is 36.6 Å². The molecule has 102 valence electrons. The van der Waals surface area contributed by atoms with Gasteiger partial charge in [-0.2, -0.15) is 0 Å². The second-order valence-electron chi connectivity index (χ2n) is 4.94. The van der Waals surface area contributed by atoms with Crippen LogP contribution in [0.25, 0.3) is 0 Å². The summed E-state index contributed by atoms with van der Waals surface area (Å²) in [6.45, 7) is 6.19. The number of hydrogen-bond acceptors (Lipinski definition) is 5. The average molecular weight is 269 g/mol. The molecule has 1 aromatic rings. The van der Waals surface area contributed by atoms with E-state index in [1.807, 2.05) is 6.92 Å². The predicted molar refractivity (Wildman–Crippen MR) is 74.8 cm³/mol. The molecule has 1 aliphatic heterocycles.